The number of carbonyl (C=O) groups excluding carboxylic acids is 1. The molecule has 1 atom stereocenters. The van der Waals surface area contributed by atoms with E-state index in [-0.39, 0.29) is 25.5 Å². The highest BCUT2D eigenvalue weighted by molar-refractivity contribution is 5.85. The lowest BCUT2D eigenvalue weighted by Gasteiger charge is -2.43. The van der Waals surface area contributed by atoms with Gasteiger partial charge in [-0.05, 0) is 24.5 Å². The van der Waals surface area contributed by atoms with Crippen LogP contribution in [0.15, 0.2) is 24.3 Å². The Hall–Kier alpha value is -1.53. The van der Waals surface area contributed by atoms with E-state index in [9.17, 15) is 13.6 Å². The number of benzene rings is 1. The van der Waals surface area contributed by atoms with Crippen LogP contribution in [0.2, 0.25) is 0 Å². The molecule has 6 heteroatoms. The molecular formula is C18H24F2N2O2. The number of halogens is 2. The van der Waals surface area contributed by atoms with Gasteiger partial charge in [0.05, 0.1) is 18.6 Å². The number of amides is 1. The maximum atomic E-state index is 14.3. The van der Waals surface area contributed by atoms with Crippen molar-refractivity contribution in [1.29, 1.82) is 0 Å². The maximum absolute atomic E-state index is 14.3. The zero-order chi connectivity index (χ0) is 17.4. The Labute approximate surface area is 141 Å². The van der Waals surface area contributed by atoms with Gasteiger partial charge < -0.3 is 10.0 Å². The fourth-order valence-electron chi connectivity index (χ4n) is 4.04. The molecule has 132 valence electrons. The molecule has 1 amide bonds. The summed E-state index contributed by atoms with van der Waals surface area (Å²) in [5.41, 5.74) is 0.768. The number of piperidine rings is 1. The molecule has 0 aromatic heterocycles. The molecule has 2 saturated heterocycles. The minimum Gasteiger partial charge on any atom is -0.392 e. The zero-order valence-electron chi connectivity index (χ0n) is 14.0. The van der Waals surface area contributed by atoms with Gasteiger partial charge in [-0.15, -0.1) is 0 Å². The first-order valence-corrected chi connectivity index (χ1v) is 8.46. The number of aliphatic hydroxyl groups is 1. The van der Waals surface area contributed by atoms with Crippen LogP contribution in [0.25, 0.3) is 0 Å². The molecule has 4 nitrogen and oxygen atoms in total. The van der Waals surface area contributed by atoms with Crippen LogP contribution < -0.4 is 0 Å². The largest absolute Gasteiger partial charge is 0.392 e. The number of carbonyl (C=O) groups is 1. The lowest BCUT2D eigenvalue weighted by Crippen LogP contribution is -2.55. The topological polar surface area (TPSA) is 43.8 Å². The van der Waals surface area contributed by atoms with Gasteiger partial charge in [-0.25, -0.2) is 8.78 Å². The maximum Gasteiger partial charge on any atom is 0.261 e. The lowest BCUT2D eigenvalue weighted by molar-refractivity contribution is -0.155. The highest BCUT2D eigenvalue weighted by Gasteiger charge is 2.56. The molecule has 0 unspecified atom stereocenters. The van der Waals surface area contributed by atoms with Gasteiger partial charge in [-0.3, -0.25) is 9.69 Å². The molecule has 0 radical (unpaired) electrons. The highest BCUT2D eigenvalue weighted by Crippen LogP contribution is 2.45. The summed E-state index contributed by atoms with van der Waals surface area (Å²) in [5.74, 6) is -2.96. The fraction of sp³-hybridized carbons (Fsp3) is 0.611. The lowest BCUT2D eigenvalue weighted by atomic mass is 9.77. The SMILES string of the molecule is CCN1CC[C@]2(CN(Cc3ccc(CO)cc3)CC(F)(F)C2)C1=O. The van der Waals surface area contributed by atoms with Gasteiger partial charge in [-0.1, -0.05) is 24.3 Å². The minimum atomic E-state index is -2.84. The van der Waals surface area contributed by atoms with Crippen molar-refractivity contribution in [3.63, 3.8) is 0 Å². The van der Waals surface area contributed by atoms with Gasteiger partial charge in [0, 0.05) is 32.6 Å². The summed E-state index contributed by atoms with van der Waals surface area (Å²) in [6.45, 7) is 3.47. The summed E-state index contributed by atoms with van der Waals surface area (Å²) in [6, 6.07) is 7.29. The molecule has 0 aliphatic carbocycles. The Balaban J connectivity index is 1.77. The van der Waals surface area contributed by atoms with Gasteiger partial charge in [0.1, 0.15) is 0 Å². The Kier molecular flexibility index (Phi) is 4.62. The standard InChI is InChI=1S/C18H24F2N2O2/c1-2-22-8-7-17(16(22)24)11-18(19,20)13-21(12-17)9-14-3-5-15(10-23)6-4-14/h3-6,23H,2,7-13H2,1H3/t17-/m0/s1. The predicted octanol–water partition coefficient (Wildman–Crippen LogP) is 2.26. The van der Waals surface area contributed by atoms with Gasteiger partial charge >= 0.3 is 0 Å². The van der Waals surface area contributed by atoms with Gasteiger partial charge in [0.25, 0.3) is 5.92 Å². The van der Waals surface area contributed by atoms with Crippen molar-refractivity contribution in [2.75, 3.05) is 26.2 Å². The summed E-state index contributed by atoms with van der Waals surface area (Å²) in [4.78, 5) is 16.0. The average molecular weight is 338 g/mol. The number of hydrogen-bond acceptors (Lipinski definition) is 3. The molecule has 2 aliphatic heterocycles. The Morgan fingerprint density at radius 3 is 2.42 bits per heavy atom. The summed E-state index contributed by atoms with van der Waals surface area (Å²) >= 11 is 0. The first kappa shape index (κ1) is 17.3. The van der Waals surface area contributed by atoms with E-state index >= 15 is 0 Å². The molecule has 24 heavy (non-hydrogen) atoms. The second kappa shape index (κ2) is 6.41. The molecule has 1 spiro atoms. The van der Waals surface area contributed by atoms with Crippen molar-refractivity contribution >= 4 is 5.91 Å². The van der Waals surface area contributed by atoms with Gasteiger partial charge in [-0.2, -0.15) is 0 Å². The van der Waals surface area contributed by atoms with Gasteiger partial charge in [0.15, 0.2) is 0 Å². The molecular weight excluding hydrogens is 314 g/mol. The van der Waals surface area contributed by atoms with Crippen LogP contribution in [0.1, 0.15) is 30.9 Å². The molecule has 1 N–H and O–H groups in total. The second-order valence-corrected chi connectivity index (χ2v) is 7.07. The van der Waals surface area contributed by atoms with Crippen LogP contribution in [0, 0.1) is 5.41 Å². The van der Waals surface area contributed by atoms with Crippen LogP contribution in [0.3, 0.4) is 0 Å². The van der Waals surface area contributed by atoms with E-state index in [1.165, 1.54) is 0 Å². The van der Waals surface area contributed by atoms with Crippen molar-refractivity contribution in [3.8, 4) is 0 Å². The van der Waals surface area contributed by atoms with Crippen LogP contribution in [-0.2, 0) is 17.9 Å². The minimum absolute atomic E-state index is 0.0352. The Bertz CT molecular complexity index is 606. The summed E-state index contributed by atoms with van der Waals surface area (Å²) in [5, 5.41) is 9.08. The summed E-state index contributed by atoms with van der Waals surface area (Å²) < 4.78 is 28.7. The van der Waals surface area contributed by atoms with E-state index in [1.807, 2.05) is 19.1 Å². The number of rotatable bonds is 4. The molecule has 2 heterocycles. The molecule has 0 bridgehead atoms. The van der Waals surface area contributed by atoms with Crippen LogP contribution >= 0.6 is 0 Å². The predicted molar refractivity (Wildman–Crippen MR) is 86.5 cm³/mol. The molecule has 0 saturated carbocycles. The van der Waals surface area contributed by atoms with E-state index in [1.54, 1.807) is 21.9 Å². The summed E-state index contributed by atoms with van der Waals surface area (Å²) in [6.07, 6.45) is 0.171. The van der Waals surface area contributed by atoms with Crippen LogP contribution in [0.5, 0.6) is 0 Å². The van der Waals surface area contributed by atoms with Crippen molar-refractivity contribution in [2.45, 2.75) is 38.8 Å². The molecule has 2 fully saturated rings. The van der Waals surface area contributed by atoms with Crippen molar-refractivity contribution in [2.24, 2.45) is 5.41 Å². The fourth-order valence-corrected chi connectivity index (χ4v) is 4.04. The second-order valence-electron chi connectivity index (χ2n) is 7.07. The molecule has 3 rings (SSSR count). The third-order valence-corrected chi connectivity index (χ3v) is 5.17. The van der Waals surface area contributed by atoms with Crippen molar-refractivity contribution < 1.29 is 18.7 Å². The first-order chi connectivity index (χ1) is 11.4. The Morgan fingerprint density at radius 2 is 1.83 bits per heavy atom. The Morgan fingerprint density at radius 1 is 1.17 bits per heavy atom. The van der Waals surface area contributed by atoms with Crippen molar-refractivity contribution in [3.05, 3.63) is 35.4 Å². The third kappa shape index (κ3) is 3.30. The molecule has 1 aromatic rings. The summed E-state index contributed by atoms with van der Waals surface area (Å²) in [7, 11) is 0. The number of aliphatic hydroxyl groups excluding tert-OH is 1. The van der Waals surface area contributed by atoms with E-state index in [0.717, 1.165) is 11.1 Å². The van der Waals surface area contributed by atoms with Crippen molar-refractivity contribution in [1.82, 2.24) is 9.80 Å². The third-order valence-electron chi connectivity index (χ3n) is 5.17. The molecule has 1 aromatic carbocycles. The quantitative estimate of drug-likeness (QED) is 0.916. The van der Waals surface area contributed by atoms with E-state index in [0.29, 0.717) is 32.6 Å². The van der Waals surface area contributed by atoms with Gasteiger partial charge in [0.2, 0.25) is 5.91 Å². The zero-order valence-corrected chi connectivity index (χ0v) is 14.0. The number of likely N-dealkylation sites (tertiary alicyclic amines) is 2. The smallest absolute Gasteiger partial charge is 0.261 e. The highest BCUT2D eigenvalue weighted by atomic mass is 19.3. The van der Waals surface area contributed by atoms with Crippen LogP contribution in [-0.4, -0.2) is 52.9 Å². The van der Waals surface area contributed by atoms with E-state index in [2.05, 4.69) is 0 Å². The number of alkyl halides is 2. The normalized spacial score (nSPS) is 27.2. The average Bonchev–Trinajstić information content (AvgIpc) is 2.82. The molecule has 2 aliphatic rings. The monoisotopic (exact) mass is 338 g/mol. The van der Waals surface area contributed by atoms with E-state index in [4.69, 9.17) is 5.11 Å². The van der Waals surface area contributed by atoms with E-state index < -0.39 is 11.3 Å². The number of nitrogens with zero attached hydrogens (tertiary/aromatic N) is 2. The van der Waals surface area contributed by atoms with Crippen LogP contribution in [0.4, 0.5) is 8.78 Å². The first-order valence-electron chi connectivity index (χ1n) is 8.46. The number of hydrogen-bond donors (Lipinski definition) is 1.